The molecule has 0 unspecified atom stereocenters. The number of unbranched alkanes of at least 4 members (excludes halogenated alkanes) is 1. The molecule has 0 heterocycles. The van der Waals surface area contributed by atoms with Crippen LogP contribution in [0.25, 0.3) is 0 Å². The number of hydrazine groups is 1. The first kappa shape index (κ1) is 26.6. The summed E-state index contributed by atoms with van der Waals surface area (Å²) in [6, 6.07) is -0.716. The van der Waals surface area contributed by atoms with Crippen molar-refractivity contribution in [2.75, 3.05) is 6.54 Å². The van der Waals surface area contributed by atoms with E-state index in [0.29, 0.717) is 18.8 Å². The fourth-order valence-corrected chi connectivity index (χ4v) is 2.50. The zero-order chi connectivity index (χ0) is 22.4. The summed E-state index contributed by atoms with van der Waals surface area (Å²) in [6.07, 6.45) is 4.15. The van der Waals surface area contributed by atoms with Crippen LogP contribution in [0.3, 0.4) is 0 Å². The van der Waals surface area contributed by atoms with Crippen molar-refractivity contribution in [2.24, 2.45) is 11.3 Å². The Balaban J connectivity index is 4.79. The molecule has 0 aromatic carbocycles. The van der Waals surface area contributed by atoms with Gasteiger partial charge in [0.2, 0.25) is 11.8 Å². The number of nitrogens with zero attached hydrogens (tertiary/aromatic N) is 1. The van der Waals surface area contributed by atoms with E-state index in [9.17, 15) is 19.7 Å². The normalized spacial score (nSPS) is 12.2. The highest BCUT2D eigenvalue weighted by Crippen LogP contribution is 2.23. The summed E-state index contributed by atoms with van der Waals surface area (Å²) in [7, 11) is 0. The van der Waals surface area contributed by atoms with Crippen LogP contribution < -0.4 is 21.4 Å². The van der Waals surface area contributed by atoms with Crippen LogP contribution in [0, 0.1) is 33.4 Å². The average molecular weight is 414 g/mol. The summed E-state index contributed by atoms with van der Waals surface area (Å²) in [6.45, 7) is 11.8. The van der Waals surface area contributed by atoms with Gasteiger partial charge in [-0.05, 0) is 31.6 Å². The number of hydrogen-bond acceptors (Lipinski definition) is 5. The first-order chi connectivity index (χ1) is 13.5. The van der Waals surface area contributed by atoms with E-state index in [1.807, 2.05) is 27.7 Å². The Bertz CT molecular complexity index is 551. The molecule has 0 bridgehead atoms. The lowest BCUT2D eigenvalue weighted by Crippen LogP contribution is -2.50. The zero-order valence-corrected chi connectivity index (χ0v) is 18.3. The van der Waals surface area contributed by atoms with Gasteiger partial charge in [-0.25, -0.2) is 10.1 Å². The summed E-state index contributed by atoms with van der Waals surface area (Å²) in [5.74, 6) is -0.485. The minimum absolute atomic E-state index is 0.175. The summed E-state index contributed by atoms with van der Waals surface area (Å²) >= 11 is 0. The lowest BCUT2D eigenvalue weighted by molar-refractivity contribution is -0.525. The third-order valence-electron chi connectivity index (χ3n) is 4.40. The molecule has 0 saturated carbocycles. The van der Waals surface area contributed by atoms with Crippen LogP contribution in [-0.4, -0.2) is 35.4 Å². The van der Waals surface area contributed by atoms with E-state index >= 15 is 0 Å². The standard InChI is InChI=1S/C19H37N6O4/c1-6-7-11-19(4,5)17(27)23-15(16(26)21-13-10-14(2)3)9-8-12-22-18(20)24-25(28)29/h13-15H,6-12H2,1-5H3,(H,21,26)(H,23,27)(H3,20,22,24)/t15-/m0/s1. The highest BCUT2D eigenvalue weighted by atomic mass is 16.7. The quantitative estimate of drug-likeness (QED) is 0.0967. The van der Waals surface area contributed by atoms with Crippen molar-refractivity contribution in [2.45, 2.75) is 79.2 Å². The van der Waals surface area contributed by atoms with Gasteiger partial charge in [0.15, 0.2) is 5.03 Å². The van der Waals surface area contributed by atoms with Gasteiger partial charge in [-0.1, -0.05) is 52.9 Å². The van der Waals surface area contributed by atoms with E-state index in [2.05, 4.69) is 22.9 Å². The molecular formula is C19H37N6O4. The number of carbonyl (C=O) groups excluding carboxylic acids is 2. The number of nitrogens with one attached hydrogen (secondary N) is 5. The van der Waals surface area contributed by atoms with Gasteiger partial charge in [0.1, 0.15) is 6.04 Å². The molecule has 5 N–H and O–H groups in total. The molecule has 0 rings (SSSR count). The van der Waals surface area contributed by atoms with Crippen molar-refractivity contribution < 1.29 is 14.6 Å². The molecule has 167 valence electrons. The van der Waals surface area contributed by atoms with E-state index in [1.54, 1.807) is 12.0 Å². The molecule has 10 heteroatoms. The molecule has 1 atom stereocenters. The van der Waals surface area contributed by atoms with Crippen LogP contribution in [0.2, 0.25) is 0 Å². The number of amides is 2. The highest BCUT2D eigenvalue weighted by molar-refractivity contribution is 5.90. The zero-order valence-electron chi connectivity index (χ0n) is 18.3. The predicted molar refractivity (Wildman–Crippen MR) is 112 cm³/mol. The van der Waals surface area contributed by atoms with Crippen molar-refractivity contribution in [1.29, 1.82) is 5.41 Å². The van der Waals surface area contributed by atoms with Gasteiger partial charge in [0.05, 0.1) is 0 Å². The van der Waals surface area contributed by atoms with Gasteiger partial charge in [0, 0.05) is 18.5 Å². The van der Waals surface area contributed by atoms with Crippen LogP contribution in [-0.2, 0) is 9.59 Å². The number of hydrogen-bond donors (Lipinski definition) is 5. The second kappa shape index (κ2) is 13.7. The molecule has 1 radical (unpaired) electrons. The molecule has 29 heavy (non-hydrogen) atoms. The van der Waals surface area contributed by atoms with Crippen LogP contribution in [0.5, 0.6) is 0 Å². The maximum atomic E-state index is 12.7. The lowest BCUT2D eigenvalue weighted by Gasteiger charge is -2.27. The van der Waals surface area contributed by atoms with E-state index < -0.39 is 22.4 Å². The molecule has 0 aromatic rings. The Morgan fingerprint density at radius 1 is 1.24 bits per heavy atom. The minimum atomic E-state index is -0.825. The van der Waals surface area contributed by atoms with E-state index in [-0.39, 0.29) is 18.4 Å². The highest BCUT2D eigenvalue weighted by Gasteiger charge is 2.30. The molecular weight excluding hydrogens is 376 g/mol. The lowest BCUT2D eigenvalue weighted by atomic mass is 9.86. The molecule has 0 saturated heterocycles. The van der Waals surface area contributed by atoms with Crippen molar-refractivity contribution in [3.05, 3.63) is 16.7 Å². The Kier molecular flexibility index (Phi) is 12.6. The predicted octanol–water partition coefficient (Wildman–Crippen LogP) is 2.10. The monoisotopic (exact) mass is 413 g/mol. The molecule has 2 amide bonds. The topological polar surface area (TPSA) is 149 Å². The molecule has 0 spiro atoms. The van der Waals surface area contributed by atoms with Gasteiger partial charge in [0.25, 0.3) is 5.96 Å². The van der Waals surface area contributed by atoms with Crippen molar-refractivity contribution >= 4 is 17.8 Å². The number of nitro groups is 1. The minimum Gasteiger partial charge on any atom is -0.352 e. The maximum absolute atomic E-state index is 12.7. The molecule has 10 nitrogen and oxygen atoms in total. The molecule has 0 aromatic heterocycles. The fraction of sp³-hybridized carbons (Fsp3) is 0.789. The van der Waals surface area contributed by atoms with Crippen molar-refractivity contribution in [1.82, 2.24) is 21.4 Å². The third kappa shape index (κ3) is 12.6. The summed E-state index contributed by atoms with van der Waals surface area (Å²) in [5.41, 5.74) is 1.13. The first-order valence-electron chi connectivity index (χ1n) is 10.2. The summed E-state index contributed by atoms with van der Waals surface area (Å²) in [4.78, 5) is 35.5. The SMILES string of the molecule is CCCCC(C)(C)C(=O)N[C@@H](CCCNC(=N)N[N+](=O)[O-])C(=O)N[CH]CC(C)C. The van der Waals surface area contributed by atoms with Crippen LogP contribution in [0.15, 0.2) is 0 Å². The van der Waals surface area contributed by atoms with Gasteiger partial charge in [-0.15, -0.1) is 0 Å². The van der Waals surface area contributed by atoms with Gasteiger partial charge >= 0.3 is 0 Å². The second-order valence-corrected chi connectivity index (χ2v) is 8.17. The molecule has 0 aliphatic rings. The van der Waals surface area contributed by atoms with Crippen LogP contribution in [0.4, 0.5) is 0 Å². The summed E-state index contributed by atoms with van der Waals surface area (Å²) < 4.78 is 0. The average Bonchev–Trinajstić information content (AvgIpc) is 2.61. The number of guanidine groups is 1. The largest absolute Gasteiger partial charge is 0.352 e. The number of rotatable bonds is 14. The Hall–Kier alpha value is -2.39. The molecule has 0 aliphatic carbocycles. The Morgan fingerprint density at radius 3 is 2.45 bits per heavy atom. The first-order valence-corrected chi connectivity index (χ1v) is 10.2. The fourth-order valence-electron chi connectivity index (χ4n) is 2.50. The van der Waals surface area contributed by atoms with E-state index in [0.717, 1.165) is 25.7 Å². The van der Waals surface area contributed by atoms with Gasteiger partial charge in [-0.2, -0.15) is 0 Å². The Morgan fingerprint density at radius 2 is 1.90 bits per heavy atom. The molecule has 0 fully saturated rings. The summed E-state index contributed by atoms with van der Waals surface area (Å²) in [5, 5.41) is 25.0. The third-order valence-corrected chi connectivity index (χ3v) is 4.40. The van der Waals surface area contributed by atoms with Crippen molar-refractivity contribution in [3.63, 3.8) is 0 Å². The Labute approximate surface area is 173 Å². The van der Waals surface area contributed by atoms with E-state index in [4.69, 9.17) is 5.41 Å². The second-order valence-electron chi connectivity index (χ2n) is 8.17. The van der Waals surface area contributed by atoms with Gasteiger partial charge < -0.3 is 16.0 Å². The van der Waals surface area contributed by atoms with Crippen molar-refractivity contribution in [3.8, 4) is 0 Å². The smallest absolute Gasteiger partial charge is 0.251 e. The van der Waals surface area contributed by atoms with Crippen LogP contribution in [0.1, 0.15) is 73.1 Å². The number of carbonyl (C=O) groups is 2. The van der Waals surface area contributed by atoms with Gasteiger partial charge in [-0.3, -0.25) is 15.0 Å². The molecule has 0 aliphatic heterocycles. The van der Waals surface area contributed by atoms with E-state index in [1.165, 1.54) is 0 Å². The maximum Gasteiger partial charge on any atom is 0.251 e. The van der Waals surface area contributed by atoms with Crippen LogP contribution >= 0.6 is 0 Å².